The van der Waals surface area contributed by atoms with Crippen LogP contribution in [0.25, 0.3) is 0 Å². The first-order valence-corrected chi connectivity index (χ1v) is 4.38. The Morgan fingerprint density at radius 2 is 1.79 bits per heavy atom. The molecule has 0 saturated carbocycles. The Hall–Kier alpha value is -1.26. The molecule has 1 atom stereocenters. The molecule has 0 bridgehead atoms. The first-order chi connectivity index (χ1) is 6.56. The van der Waals surface area contributed by atoms with E-state index in [1.54, 1.807) is 6.07 Å². The molecule has 0 amide bonds. The summed E-state index contributed by atoms with van der Waals surface area (Å²) in [4.78, 5) is 4.30. The summed E-state index contributed by atoms with van der Waals surface area (Å²) < 4.78 is 0. The van der Waals surface area contributed by atoms with Gasteiger partial charge < -0.3 is 10.2 Å². The number of benzene rings is 1. The highest BCUT2D eigenvalue weighted by Crippen LogP contribution is 2.31. The van der Waals surface area contributed by atoms with E-state index in [0.717, 1.165) is 0 Å². The van der Waals surface area contributed by atoms with Gasteiger partial charge in [-0.15, -0.1) is 0 Å². The summed E-state index contributed by atoms with van der Waals surface area (Å²) in [6.45, 7) is 3.76. The SMILES string of the molecule is CC(C)C(OO)c1ccc(O)c(O)c1. The van der Waals surface area contributed by atoms with Gasteiger partial charge in [0.1, 0.15) is 6.10 Å². The van der Waals surface area contributed by atoms with Gasteiger partial charge >= 0.3 is 0 Å². The van der Waals surface area contributed by atoms with Crippen LogP contribution in [0.1, 0.15) is 25.5 Å². The van der Waals surface area contributed by atoms with Gasteiger partial charge in [-0.05, 0) is 23.6 Å². The van der Waals surface area contributed by atoms with Crippen LogP contribution in [0.2, 0.25) is 0 Å². The summed E-state index contributed by atoms with van der Waals surface area (Å²) >= 11 is 0. The molecule has 14 heavy (non-hydrogen) atoms. The summed E-state index contributed by atoms with van der Waals surface area (Å²) in [5.41, 5.74) is 0.623. The van der Waals surface area contributed by atoms with E-state index < -0.39 is 6.10 Å². The maximum Gasteiger partial charge on any atom is 0.157 e. The largest absolute Gasteiger partial charge is 0.504 e. The molecule has 0 fully saturated rings. The molecule has 78 valence electrons. The van der Waals surface area contributed by atoms with E-state index in [1.165, 1.54) is 12.1 Å². The topological polar surface area (TPSA) is 69.9 Å². The number of rotatable bonds is 3. The summed E-state index contributed by atoms with van der Waals surface area (Å²) in [5.74, 6) is -0.330. The van der Waals surface area contributed by atoms with Crippen LogP contribution in [0.15, 0.2) is 18.2 Å². The first-order valence-electron chi connectivity index (χ1n) is 4.38. The van der Waals surface area contributed by atoms with E-state index in [2.05, 4.69) is 4.89 Å². The summed E-state index contributed by atoms with van der Waals surface area (Å²) in [7, 11) is 0. The zero-order valence-electron chi connectivity index (χ0n) is 8.14. The third-order valence-corrected chi connectivity index (χ3v) is 2.05. The molecule has 1 aromatic rings. The van der Waals surface area contributed by atoms with Crippen LogP contribution in [0.3, 0.4) is 0 Å². The van der Waals surface area contributed by atoms with Crippen LogP contribution in [0, 0.1) is 5.92 Å². The van der Waals surface area contributed by atoms with Crippen molar-refractivity contribution in [3.63, 3.8) is 0 Å². The van der Waals surface area contributed by atoms with Gasteiger partial charge in [-0.25, -0.2) is 4.89 Å². The molecule has 4 nitrogen and oxygen atoms in total. The molecule has 0 aliphatic heterocycles. The molecule has 0 aliphatic rings. The maximum absolute atomic E-state index is 9.24. The monoisotopic (exact) mass is 198 g/mol. The van der Waals surface area contributed by atoms with Crippen molar-refractivity contribution < 1.29 is 20.4 Å². The van der Waals surface area contributed by atoms with Gasteiger partial charge in [0, 0.05) is 0 Å². The Kier molecular flexibility index (Phi) is 3.33. The highest BCUT2D eigenvalue weighted by Gasteiger charge is 2.17. The molecule has 1 aromatic carbocycles. The van der Waals surface area contributed by atoms with E-state index in [0.29, 0.717) is 5.56 Å². The quantitative estimate of drug-likeness (QED) is 0.396. The molecule has 1 rings (SSSR count). The van der Waals surface area contributed by atoms with Gasteiger partial charge in [0.25, 0.3) is 0 Å². The molecule has 1 unspecified atom stereocenters. The highest BCUT2D eigenvalue weighted by molar-refractivity contribution is 5.41. The second kappa shape index (κ2) is 4.30. The molecule has 0 aromatic heterocycles. The van der Waals surface area contributed by atoms with Crippen molar-refractivity contribution in [2.75, 3.05) is 0 Å². The van der Waals surface area contributed by atoms with Crippen molar-refractivity contribution in [2.24, 2.45) is 5.92 Å². The van der Waals surface area contributed by atoms with E-state index in [-0.39, 0.29) is 17.4 Å². The fourth-order valence-corrected chi connectivity index (χ4v) is 1.28. The van der Waals surface area contributed by atoms with Crippen molar-refractivity contribution in [1.82, 2.24) is 0 Å². The van der Waals surface area contributed by atoms with Crippen LogP contribution in [-0.4, -0.2) is 15.5 Å². The lowest BCUT2D eigenvalue weighted by Crippen LogP contribution is -2.08. The van der Waals surface area contributed by atoms with Gasteiger partial charge in [-0.2, -0.15) is 0 Å². The third kappa shape index (κ3) is 2.16. The van der Waals surface area contributed by atoms with E-state index in [9.17, 15) is 5.11 Å². The number of phenolic OH excluding ortho intramolecular Hbond substituents is 2. The van der Waals surface area contributed by atoms with Crippen molar-refractivity contribution in [3.05, 3.63) is 23.8 Å². The fraction of sp³-hybridized carbons (Fsp3) is 0.400. The fourth-order valence-electron chi connectivity index (χ4n) is 1.28. The minimum absolute atomic E-state index is 0.0731. The molecular formula is C10H14O4. The lowest BCUT2D eigenvalue weighted by molar-refractivity contribution is -0.291. The van der Waals surface area contributed by atoms with E-state index >= 15 is 0 Å². The molecule has 0 radical (unpaired) electrons. The lowest BCUT2D eigenvalue weighted by Gasteiger charge is -2.17. The molecule has 0 saturated heterocycles. The average Bonchev–Trinajstić information content (AvgIpc) is 2.11. The standard InChI is InChI=1S/C10H14O4/c1-6(2)10(14-13)7-3-4-8(11)9(12)5-7/h3-6,10-13H,1-2H3. The summed E-state index contributed by atoms with van der Waals surface area (Å²) in [5, 5.41) is 27.0. The normalized spacial score (nSPS) is 13.1. The van der Waals surface area contributed by atoms with E-state index in [1.807, 2.05) is 13.8 Å². The molecule has 0 heterocycles. The third-order valence-electron chi connectivity index (χ3n) is 2.05. The number of hydrogen-bond acceptors (Lipinski definition) is 4. The summed E-state index contributed by atoms with van der Waals surface area (Å²) in [6.07, 6.45) is -0.499. The van der Waals surface area contributed by atoms with Gasteiger partial charge in [0.15, 0.2) is 11.5 Å². The van der Waals surface area contributed by atoms with Crippen LogP contribution in [0.4, 0.5) is 0 Å². The van der Waals surface area contributed by atoms with Crippen LogP contribution >= 0.6 is 0 Å². The molecular weight excluding hydrogens is 184 g/mol. The molecule has 0 aliphatic carbocycles. The van der Waals surface area contributed by atoms with Gasteiger partial charge in [0.05, 0.1) is 0 Å². The molecule has 4 heteroatoms. The number of hydrogen-bond donors (Lipinski definition) is 3. The van der Waals surface area contributed by atoms with Crippen LogP contribution in [-0.2, 0) is 4.89 Å². The van der Waals surface area contributed by atoms with Crippen molar-refractivity contribution in [3.8, 4) is 11.5 Å². The highest BCUT2D eigenvalue weighted by atomic mass is 17.1. The van der Waals surface area contributed by atoms with E-state index in [4.69, 9.17) is 10.4 Å². The van der Waals surface area contributed by atoms with Crippen molar-refractivity contribution in [1.29, 1.82) is 0 Å². The second-order valence-corrected chi connectivity index (χ2v) is 3.52. The first kappa shape index (κ1) is 10.8. The zero-order chi connectivity index (χ0) is 10.7. The molecule has 3 N–H and O–H groups in total. The van der Waals surface area contributed by atoms with Gasteiger partial charge in [-0.3, -0.25) is 5.26 Å². The number of aromatic hydroxyl groups is 2. The minimum Gasteiger partial charge on any atom is -0.504 e. The Morgan fingerprint density at radius 1 is 1.14 bits per heavy atom. The Balaban J connectivity index is 3.00. The predicted molar refractivity (Wildman–Crippen MR) is 51.1 cm³/mol. The Labute approximate surface area is 82.3 Å². The second-order valence-electron chi connectivity index (χ2n) is 3.52. The Morgan fingerprint density at radius 3 is 2.21 bits per heavy atom. The van der Waals surface area contributed by atoms with Crippen LogP contribution < -0.4 is 0 Å². The van der Waals surface area contributed by atoms with Gasteiger partial charge in [0.2, 0.25) is 0 Å². The van der Waals surface area contributed by atoms with Gasteiger partial charge in [-0.1, -0.05) is 19.9 Å². The smallest absolute Gasteiger partial charge is 0.157 e. The van der Waals surface area contributed by atoms with Crippen molar-refractivity contribution >= 4 is 0 Å². The summed E-state index contributed by atoms with van der Waals surface area (Å²) in [6, 6.07) is 4.32. The van der Waals surface area contributed by atoms with Crippen molar-refractivity contribution in [2.45, 2.75) is 20.0 Å². The van der Waals surface area contributed by atoms with Crippen LogP contribution in [0.5, 0.6) is 11.5 Å². The molecule has 0 spiro atoms. The number of phenols is 2. The lowest BCUT2D eigenvalue weighted by atomic mass is 9.99. The zero-order valence-corrected chi connectivity index (χ0v) is 8.14. The maximum atomic E-state index is 9.24. The predicted octanol–water partition coefficient (Wildman–Crippen LogP) is 2.28. The average molecular weight is 198 g/mol. The minimum atomic E-state index is -0.499. The Bertz CT molecular complexity index is 309.